The van der Waals surface area contributed by atoms with Crippen LogP contribution in [-0.4, -0.2) is 29.1 Å². The molecule has 12 heavy (non-hydrogen) atoms. The quantitative estimate of drug-likeness (QED) is 0.359. The molecule has 0 aliphatic carbocycles. The molecule has 0 aliphatic rings. The molecule has 0 N–H and O–H groups in total. The predicted octanol–water partition coefficient (Wildman–Crippen LogP) is 0.574. The van der Waals surface area contributed by atoms with E-state index in [2.05, 4.69) is 0 Å². The Morgan fingerprint density at radius 3 is 2.75 bits per heavy atom. The number of methoxy groups -OCH3 is 1. The number of ether oxygens (including phenoxy) is 1. The van der Waals surface area contributed by atoms with Crippen LogP contribution in [0.25, 0.3) is 0 Å². The summed E-state index contributed by atoms with van der Waals surface area (Å²) >= 11 is 0. The summed E-state index contributed by atoms with van der Waals surface area (Å²) in [6.45, 7) is 3.76. The van der Waals surface area contributed by atoms with Crippen LogP contribution in [-0.2, 0) is 14.0 Å². The van der Waals surface area contributed by atoms with Crippen LogP contribution in [0.1, 0.15) is 20.3 Å². The average molecular weight is 188 g/mol. The Morgan fingerprint density at radius 1 is 1.58 bits per heavy atom. The molecule has 0 unspecified atom stereocenters. The van der Waals surface area contributed by atoms with E-state index in [1.807, 2.05) is 13.0 Å². The van der Waals surface area contributed by atoms with Crippen LogP contribution in [0.4, 0.5) is 0 Å². The highest BCUT2D eigenvalue weighted by Gasteiger charge is 2.03. The zero-order valence-corrected chi connectivity index (χ0v) is 9.34. The Kier molecular flexibility index (Phi) is 6.70. The molecule has 0 aliphatic heterocycles. The van der Waals surface area contributed by atoms with Crippen molar-refractivity contribution in [2.45, 2.75) is 20.3 Å². The van der Waals surface area contributed by atoms with Crippen molar-refractivity contribution in [1.29, 1.82) is 0 Å². The second-order valence-electron chi connectivity index (χ2n) is 2.42. The number of rotatable bonds is 5. The zero-order valence-electron chi connectivity index (χ0n) is 7.92. The lowest BCUT2D eigenvalue weighted by atomic mass is 10.2. The Labute approximate surface area is 75.7 Å². The van der Waals surface area contributed by atoms with E-state index in [9.17, 15) is 4.79 Å². The second-order valence-corrected chi connectivity index (χ2v) is 3.53. The SMILES string of the molecule is CCC=C(C)C(=O)O[SiH2]COC. The molecule has 0 aromatic carbocycles. The van der Waals surface area contributed by atoms with Gasteiger partial charge in [-0.3, -0.25) is 0 Å². The number of carbonyl (C=O) groups excluding carboxylic acids is 1. The van der Waals surface area contributed by atoms with E-state index in [0.717, 1.165) is 6.42 Å². The van der Waals surface area contributed by atoms with Crippen LogP contribution >= 0.6 is 0 Å². The molecule has 0 amide bonds. The van der Waals surface area contributed by atoms with Crippen molar-refractivity contribution in [1.82, 2.24) is 0 Å². The molecule has 4 heteroatoms. The van der Waals surface area contributed by atoms with Crippen LogP contribution in [0.5, 0.6) is 0 Å². The summed E-state index contributed by atoms with van der Waals surface area (Å²) in [5.74, 6) is -0.194. The van der Waals surface area contributed by atoms with Gasteiger partial charge in [-0.1, -0.05) is 13.0 Å². The van der Waals surface area contributed by atoms with E-state index in [-0.39, 0.29) is 5.97 Å². The molecule has 0 rings (SSSR count). The summed E-state index contributed by atoms with van der Waals surface area (Å²) in [6.07, 6.45) is 3.32. The Balaban J connectivity index is 3.64. The molecule has 3 nitrogen and oxygen atoms in total. The molecule has 0 radical (unpaired) electrons. The van der Waals surface area contributed by atoms with E-state index >= 15 is 0 Å². The standard InChI is InChI=1S/C8H16O3Si/c1-4-5-7(2)8(9)11-12-6-10-3/h5H,4,6,12H2,1-3H3. The Morgan fingerprint density at radius 2 is 2.25 bits per heavy atom. The van der Waals surface area contributed by atoms with E-state index in [0.29, 0.717) is 11.8 Å². The topological polar surface area (TPSA) is 35.5 Å². The van der Waals surface area contributed by atoms with Gasteiger partial charge in [0.25, 0.3) is 0 Å². The Hall–Kier alpha value is -0.613. The van der Waals surface area contributed by atoms with Gasteiger partial charge < -0.3 is 9.16 Å². The minimum Gasteiger partial charge on any atom is -0.519 e. The summed E-state index contributed by atoms with van der Waals surface area (Å²) in [5, 5.41) is 0. The molecule has 0 saturated carbocycles. The lowest BCUT2D eigenvalue weighted by Crippen LogP contribution is -2.13. The molecule has 0 bridgehead atoms. The molecular weight excluding hydrogens is 172 g/mol. The third-order valence-corrected chi connectivity index (χ3v) is 2.39. The highest BCUT2D eigenvalue weighted by molar-refractivity contribution is 6.31. The van der Waals surface area contributed by atoms with E-state index in [4.69, 9.17) is 9.16 Å². The first-order valence-corrected chi connectivity index (χ1v) is 5.63. The average Bonchev–Trinajstić information content (AvgIpc) is 2.05. The van der Waals surface area contributed by atoms with Gasteiger partial charge in [-0.2, -0.15) is 0 Å². The summed E-state index contributed by atoms with van der Waals surface area (Å²) in [5.41, 5.74) is 0.695. The van der Waals surface area contributed by atoms with Gasteiger partial charge in [0.15, 0.2) is 0 Å². The third kappa shape index (κ3) is 5.09. The third-order valence-electron chi connectivity index (χ3n) is 1.35. The summed E-state index contributed by atoms with van der Waals surface area (Å²) in [6, 6.07) is 0. The van der Waals surface area contributed by atoms with Crippen LogP contribution in [0.3, 0.4) is 0 Å². The van der Waals surface area contributed by atoms with Gasteiger partial charge in [0, 0.05) is 12.7 Å². The monoisotopic (exact) mass is 188 g/mol. The molecular formula is C8H16O3Si. The van der Waals surface area contributed by atoms with Crippen LogP contribution < -0.4 is 0 Å². The zero-order chi connectivity index (χ0) is 9.40. The smallest absolute Gasteiger partial charge is 0.319 e. The van der Waals surface area contributed by atoms with Gasteiger partial charge in [0.2, 0.25) is 9.76 Å². The maximum atomic E-state index is 11.1. The number of hydrogen-bond donors (Lipinski definition) is 0. The van der Waals surface area contributed by atoms with Gasteiger partial charge >= 0.3 is 5.97 Å². The molecule has 0 heterocycles. The van der Waals surface area contributed by atoms with Crippen molar-refractivity contribution in [3.05, 3.63) is 11.6 Å². The fourth-order valence-corrected chi connectivity index (χ4v) is 1.38. The highest BCUT2D eigenvalue weighted by Crippen LogP contribution is 1.97. The van der Waals surface area contributed by atoms with Crippen LogP contribution in [0.15, 0.2) is 11.6 Å². The van der Waals surface area contributed by atoms with Crippen LogP contribution in [0.2, 0.25) is 0 Å². The van der Waals surface area contributed by atoms with Crippen molar-refractivity contribution < 1.29 is 14.0 Å². The first-order chi connectivity index (χ1) is 5.72. The minimum atomic E-state index is -0.809. The fourth-order valence-electron chi connectivity index (χ4n) is 0.721. The largest absolute Gasteiger partial charge is 0.519 e. The lowest BCUT2D eigenvalue weighted by molar-refractivity contribution is -0.130. The van der Waals surface area contributed by atoms with Crippen molar-refractivity contribution >= 4 is 15.7 Å². The molecule has 0 saturated heterocycles. The maximum Gasteiger partial charge on any atom is 0.319 e. The van der Waals surface area contributed by atoms with Crippen molar-refractivity contribution in [3.8, 4) is 0 Å². The molecule has 0 aromatic rings. The first kappa shape index (κ1) is 11.4. The number of allylic oxidation sites excluding steroid dienone is 1. The predicted molar refractivity (Wildman–Crippen MR) is 50.6 cm³/mol. The van der Waals surface area contributed by atoms with Gasteiger partial charge in [-0.25, -0.2) is 4.79 Å². The fraction of sp³-hybridized carbons (Fsp3) is 0.625. The molecule has 70 valence electrons. The second kappa shape index (κ2) is 7.06. The van der Waals surface area contributed by atoms with Gasteiger partial charge in [0.1, 0.15) is 0 Å². The van der Waals surface area contributed by atoms with E-state index in [1.54, 1.807) is 14.0 Å². The summed E-state index contributed by atoms with van der Waals surface area (Å²) < 4.78 is 9.80. The first-order valence-electron chi connectivity index (χ1n) is 4.05. The van der Waals surface area contributed by atoms with Gasteiger partial charge in [-0.15, -0.1) is 0 Å². The van der Waals surface area contributed by atoms with Gasteiger partial charge in [0.05, 0.1) is 6.23 Å². The minimum absolute atomic E-state index is 0.194. The lowest BCUT2D eigenvalue weighted by Gasteiger charge is -2.03. The number of carbonyl (C=O) groups is 1. The molecule has 0 aromatic heterocycles. The maximum absolute atomic E-state index is 11.1. The van der Waals surface area contributed by atoms with Crippen LogP contribution in [0, 0.1) is 0 Å². The molecule has 0 spiro atoms. The van der Waals surface area contributed by atoms with E-state index < -0.39 is 9.76 Å². The molecule has 0 atom stereocenters. The van der Waals surface area contributed by atoms with E-state index in [1.165, 1.54) is 0 Å². The molecule has 0 fully saturated rings. The highest BCUT2D eigenvalue weighted by atomic mass is 28.2. The normalized spacial score (nSPS) is 12.4. The summed E-state index contributed by atoms with van der Waals surface area (Å²) in [7, 11) is 0.798. The summed E-state index contributed by atoms with van der Waals surface area (Å²) in [4.78, 5) is 11.1. The Bertz CT molecular complexity index is 166. The number of hydrogen-bond acceptors (Lipinski definition) is 3. The van der Waals surface area contributed by atoms with Gasteiger partial charge in [-0.05, 0) is 13.3 Å². The van der Waals surface area contributed by atoms with Crippen molar-refractivity contribution in [2.75, 3.05) is 13.3 Å². The van der Waals surface area contributed by atoms with Crippen molar-refractivity contribution in [3.63, 3.8) is 0 Å². The van der Waals surface area contributed by atoms with Crippen molar-refractivity contribution in [2.24, 2.45) is 0 Å².